The summed E-state index contributed by atoms with van der Waals surface area (Å²) in [6, 6.07) is 0. The highest BCUT2D eigenvalue weighted by atomic mass is 79.9. The second-order valence-corrected chi connectivity index (χ2v) is 2.16. The van der Waals surface area contributed by atoms with Crippen LogP contribution in [0, 0.1) is 0 Å². The second kappa shape index (κ2) is 2.98. The minimum Gasteiger partial charge on any atom is -0.479 e. The van der Waals surface area contributed by atoms with Crippen molar-refractivity contribution >= 4 is 27.9 Å². The molecule has 0 unspecified atom stereocenters. The fraction of sp³-hybridized carbons (Fsp3) is 0.500. The lowest BCUT2D eigenvalue weighted by Crippen LogP contribution is -2.48. The molecule has 0 saturated carbocycles. The zero-order valence-electron chi connectivity index (χ0n) is 4.74. The summed E-state index contributed by atoms with van der Waals surface area (Å²) < 4.78 is 0. The number of hydrogen-bond acceptors (Lipinski definition) is 3. The number of aliphatic carboxylic acids is 2. The Morgan fingerprint density at radius 3 is 1.60 bits per heavy atom. The largest absolute Gasteiger partial charge is 0.479 e. The van der Waals surface area contributed by atoms with Crippen molar-refractivity contribution < 1.29 is 24.9 Å². The minimum absolute atomic E-state index is 0.537. The van der Waals surface area contributed by atoms with Crippen molar-refractivity contribution in [3.8, 4) is 0 Å². The molecule has 0 aromatic heterocycles. The normalized spacial score (nSPS) is 11.0. The van der Waals surface area contributed by atoms with Gasteiger partial charge >= 0.3 is 11.9 Å². The van der Waals surface area contributed by atoms with E-state index in [1.807, 2.05) is 0 Å². The van der Waals surface area contributed by atoms with Crippen molar-refractivity contribution in [2.24, 2.45) is 0 Å². The predicted molar refractivity (Wildman–Crippen MR) is 34.0 cm³/mol. The van der Waals surface area contributed by atoms with Crippen LogP contribution in [0.15, 0.2) is 0 Å². The monoisotopic (exact) mass is 212 g/mol. The van der Waals surface area contributed by atoms with Gasteiger partial charge in [0.05, 0.1) is 5.33 Å². The summed E-state index contributed by atoms with van der Waals surface area (Å²) in [5, 5.41) is 24.5. The fourth-order valence-electron chi connectivity index (χ4n) is 0.206. The van der Waals surface area contributed by atoms with Crippen LogP contribution in [-0.2, 0) is 9.59 Å². The Labute approximate surface area is 64.4 Å². The Bertz CT molecular complexity index is 151. The Morgan fingerprint density at radius 2 is 1.60 bits per heavy atom. The molecule has 0 aromatic carbocycles. The van der Waals surface area contributed by atoms with Crippen molar-refractivity contribution in [1.82, 2.24) is 0 Å². The number of rotatable bonds is 3. The van der Waals surface area contributed by atoms with Crippen molar-refractivity contribution in [2.45, 2.75) is 5.60 Å². The molecule has 0 aromatic rings. The second-order valence-electron chi connectivity index (χ2n) is 1.60. The van der Waals surface area contributed by atoms with E-state index in [4.69, 9.17) is 15.3 Å². The standard InChI is InChI=1S/C4H5BrO5/c5-1-4(10,2(6)7)3(8)9/h10H,1H2,(H,6,7)(H,8,9). The molecule has 3 N–H and O–H groups in total. The van der Waals surface area contributed by atoms with Crippen LogP contribution >= 0.6 is 15.9 Å². The summed E-state index contributed by atoms with van der Waals surface area (Å²) in [6.07, 6.45) is 0. The molecule has 0 radical (unpaired) electrons. The van der Waals surface area contributed by atoms with Gasteiger partial charge in [0.2, 0.25) is 0 Å². The molecular formula is C4H5BrO5. The van der Waals surface area contributed by atoms with Gasteiger partial charge < -0.3 is 15.3 Å². The molecule has 0 fully saturated rings. The van der Waals surface area contributed by atoms with Crippen LogP contribution in [-0.4, -0.2) is 38.2 Å². The Balaban J connectivity index is 4.55. The first-order valence-electron chi connectivity index (χ1n) is 2.20. The van der Waals surface area contributed by atoms with Gasteiger partial charge in [0, 0.05) is 0 Å². The summed E-state index contributed by atoms with van der Waals surface area (Å²) in [4.78, 5) is 20.1. The average Bonchev–Trinajstić information content (AvgIpc) is 1.85. The number of hydrogen-bond donors (Lipinski definition) is 3. The van der Waals surface area contributed by atoms with Crippen LogP contribution in [0.1, 0.15) is 0 Å². The highest BCUT2D eigenvalue weighted by Gasteiger charge is 2.43. The van der Waals surface area contributed by atoms with Gasteiger partial charge in [-0.1, -0.05) is 15.9 Å². The molecule has 0 bridgehead atoms. The molecule has 6 heteroatoms. The third-order valence-electron chi connectivity index (χ3n) is 0.901. The number of aliphatic hydroxyl groups is 1. The number of carbonyl (C=O) groups is 2. The van der Waals surface area contributed by atoms with E-state index < -0.39 is 22.9 Å². The Hall–Kier alpha value is -0.620. The lowest BCUT2D eigenvalue weighted by molar-refractivity contribution is -0.172. The lowest BCUT2D eigenvalue weighted by Gasteiger charge is -2.13. The number of alkyl halides is 1. The fourth-order valence-corrected chi connectivity index (χ4v) is 0.685. The summed E-state index contributed by atoms with van der Waals surface area (Å²) in [6.45, 7) is 0. The van der Waals surface area contributed by atoms with E-state index in [1.54, 1.807) is 0 Å². The highest BCUT2D eigenvalue weighted by molar-refractivity contribution is 9.09. The molecule has 0 rings (SSSR count). The van der Waals surface area contributed by atoms with E-state index in [2.05, 4.69) is 15.9 Å². The summed E-state index contributed by atoms with van der Waals surface area (Å²) in [5.41, 5.74) is -2.71. The molecule has 0 aliphatic heterocycles. The van der Waals surface area contributed by atoms with E-state index in [9.17, 15) is 9.59 Å². The highest BCUT2D eigenvalue weighted by Crippen LogP contribution is 2.08. The van der Waals surface area contributed by atoms with Crippen molar-refractivity contribution in [3.05, 3.63) is 0 Å². The van der Waals surface area contributed by atoms with E-state index in [1.165, 1.54) is 0 Å². The van der Waals surface area contributed by atoms with Crippen molar-refractivity contribution in [2.75, 3.05) is 5.33 Å². The van der Waals surface area contributed by atoms with Crippen LogP contribution in [0.2, 0.25) is 0 Å². The summed E-state index contributed by atoms with van der Waals surface area (Å²) >= 11 is 2.56. The van der Waals surface area contributed by atoms with Gasteiger partial charge in [-0.05, 0) is 0 Å². The van der Waals surface area contributed by atoms with Gasteiger partial charge in [-0.25, -0.2) is 9.59 Å². The number of carboxylic acids is 2. The van der Waals surface area contributed by atoms with Gasteiger partial charge in [-0.15, -0.1) is 0 Å². The zero-order chi connectivity index (χ0) is 8.36. The molecule has 0 heterocycles. The van der Waals surface area contributed by atoms with Gasteiger partial charge in [0.1, 0.15) is 0 Å². The SMILES string of the molecule is O=C(O)C(O)(CBr)C(=O)O. The van der Waals surface area contributed by atoms with Crippen LogP contribution in [0.3, 0.4) is 0 Å². The summed E-state index contributed by atoms with van der Waals surface area (Å²) in [5.74, 6) is -3.56. The summed E-state index contributed by atoms with van der Waals surface area (Å²) in [7, 11) is 0. The van der Waals surface area contributed by atoms with Gasteiger partial charge in [-0.2, -0.15) is 0 Å². The topological polar surface area (TPSA) is 94.8 Å². The van der Waals surface area contributed by atoms with Crippen LogP contribution in [0.5, 0.6) is 0 Å². The van der Waals surface area contributed by atoms with E-state index in [0.29, 0.717) is 0 Å². The molecule has 5 nitrogen and oxygen atoms in total. The van der Waals surface area contributed by atoms with Gasteiger partial charge in [0.25, 0.3) is 5.60 Å². The number of halogens is 1. The minimum atomic E-state index is -2.71. The van der Waals surface area contributed by atoms with E-state index >= 15 is 0 Å². The molecule has 0 atom stereocenters. The van der Waals surface area contributed by atoms with Gasteiger partial charge in [-0.3, -0.25) is 0 Å². The molecular weight excluding hydrogens is 208 g/mol. The average molecular weight is 213 g/mol. The molecule has 0 amide bonds. The molecule has 10 heavy (non-hydrogen) atoms. The van der Waals surface area contributed by atoms with Crippen LogP contribution in [0.4, 0.5) is 0 Å². The smallest absolute Gasteiger partial charge is 0.348 e. The van der Waals surface area contributed by atoms with Crippen molar-refractivity contribution in [3.63, 3.8) is 0 Å². The first-order valence-corrected chi connectivity index (χ1v) is 3.32. The van der Waals surface area contributed by atoms with Crippen molar-refractivity contribution in [1.29, 1.82) is 0 Å². The molecule has 0 aliphatic rings. The third-order valence-corrected chi connectivity index (χ3v) is 1.71. The van der Waals surface area contributed by atoms with Crippen LogP contribution < -0.4 is 0 Å². The Kier molecular flexibility index (Phi) is 2.79. The maximum atomic E-state index is 10.0. The maximum Gasteiger partial charge on any atom is 0.348 e. The molecule has 0 aliphatic carbocycles. The van der Waals surface area contributed by atoms with Gasteiger partial charge in [0.15, 0.2) is 0 Å². The van der Waals surface area contributed by atoms with E-state index in [-0.39, 0.29) is 0 Å². The molecule has 0 spiro atoms. The zero-order valence-corrected chi connectivity index (χ0v) is 6.33. The molecule has 0 saturated heterocycles. The van der Waals surface area contributed by atoms with Crippen LogP contribution in [0.25, 0.3) is 0 Å². The first kappa shape index (κ1) is 9.38. The van der Waals surface area contributed by atoms with E-state index in [0.717, 1.165) is 0 Å². The number of carboxylic acid groups (broad SMARTS) is 2. The Morgan fingerprint density at radius 1 is 1.30 bits per heavy atom. The third kappa shape index (κ3) is 1.45. The maximum absolute atomic E-state index is 10.0. The lowest BCUT2D eigenvalue weighted by atomic mass is 10.1. The quantitative estimate of drug-likeness (QED) is 0.424. The molecule has 58 valence electrons. The first-order chi connectivity index (χ1) is 4.45. The predicted octanol–water partition coefficient (Wildman–Crippen LogP) is -0.718.